The molecule has 0 aliphatic heterocycles. The van der Waals surface area contributed by atoms with E-state index in [2.05, 4.69) is 11.4 Å². The molecule has 4 nitrogen and oxygen atoms in total. The van der Waals surface area contributed by atoms with Gasteiger partial charge in [-0.15, -0.1) is 0 Å². The van der Waals surface area contributed by atoms with Crippen molar-refractivity contribution >= 4 is 10.1 Å². The van der Waals surface area contributed by atoms with E-state index in [1.165, 1.54) is 0 Å². The van der Waals surface area contributed by atoms with Crippen molar-refractivity contribution in [2.24, 2.45) is 0 Å². The molecule has 0 aromatic carbocycles. The molecule has 0 aromatic heterocycles. The van der Waals surface area contributed by atoms with Crippen molar-refractivity contribution in [2.75, 3.05) is 12.3 Å². The third kappa shape index (κ3) is 5.02. The average Bonchev–Trinajstić information content (AvgIpc) is 2.04. The predicted molar refractivity (Wildman–Crippen MR) is 49.3 cm³/mol. The summed E-state index contributed by atoms with van der Waals surface area (Å²) < 4.78 is 30.8. The third-order valence-electron chi connectivity index (χ3n) is 2.01. The summed E-state index contributed by atoms with van der Waals surface area (Å²) in [4.78, 5) is 0. The van der Waals surface area contributed by atoms with E-state index in [0.717, 1.165) is 19.3 Å². The predicted octanol–water partition coefficient (Wildman–Crippen LogP) is 0.230. The first-order valence-corrected chi connectivity index (χ1v) is 5.99. The van der Waals surface area contributed by atoms with Crippen molar-refractivity contribution in [3.63, 3.8) is 0 Å². The fourth-order valence-electron chi connectivity index (χ4n) is 1.35. The van der Waals surface area contributed by atoms with Crippen LogP contribution in [0.15, 0.2) is 12.2 Å². The molecule has 76 valence electrons. The SMILES string of the molecule is O=S(=O)([O-])CCNC1C=CCCC1. The summed E-state index contributed by atoms with van der Waals surface area (Å²) in [7, 11) is -4.06. The van der Waals surface area contributed by atoms with Crippen molar-refractivity contribution in [1.29, 1.82) is 0 Å². The van der Waals surface area contributed by atoms with E-state index in [1.807, 2.05) is 6.08 Å². The third-order valence-corrected chi connectivity index (χ3v) is 2.72. The fourth-order valence-corrected chi connectivity index (χ4v) is 1.72. The molecule has 0 amide bonds. The Hall–Kier alpha value is -0.390. The van der Waals surface area contributed by atoms with Crippen molar-refractivity contribution in [2.45, 2.75) is 25.3 Å². The second-order valence-electron chi connectivity index (χ2n) is 3.18. The van der Waals surface area contributed by atoms with Crippen LogP contribution in [0.5, 0.6) is 0 Å². The van der Waals surface area contributed by atoms with Crippen molar-refractivity contribution in [1.82, 2.24) is 5.32 Å². The summed E-state index contributed by atoms with van der Waals surface area (Å²) in [5.41, 5.74) is 0. The summed E-state index contributed by atoms with van der Waals surface area (Å²) in [5, 5.41) is 3.01. The first-order valence-electron chi connectivity index (χ1n) is 4.41. The van der Waals surface area contributed by atoms with Crippen LogP contribution < -0.4 is 5.32 Å². The average molecular weight is 204 g/mol. The maximum absolute atomic E-state index is 10.3. The minimum atomic E-state index is -4.06. The van der Waals surface area contributed by atoms with E-state index >= 15 is 0 Å². The molecule has 0 spiro atoms. The Labute approximate surface area is 78.8 Å². The number of hydrogen-bond donors (Lipinski definition) is 1. The lowest BCUT2D eigenvalue weighted by atomic mass is 10.0. The maximum Gasteiger partial charge on any atom is 0.0958 e. The second-order valence-corrected chi connectivity index (χ2v) is 4.71. The van der Waals surface area contributed by atoms with E-state index in [9.17, 15) is 13.0 Å². The molecule has 1 atom stereocenters. The van der Waals surface area contributed by atoms with Gasteiger partial charge in [0.1, 0.15) is 0 Å². The summed E-state index contributed by atoms with van der Waals surface area (Å²) in [6.07, 6.45) is 7.35. The van der Waals surface area contributed by atoms with Crippen LogP contribution in [0.1, 0.15) is 19.3 Å². The minimum absolute atomic E-state index is 0.246. The molecule has 0 heterocycles. The standard InChI is InChI=1S/C8H15NO3S/c10-13(11,12)7-6-9-8-4-2-1-3-5-8/h2,4,8-9H,1,3,5-7H2,(H,10,11,12)/p-1. The lowest BCUT2D eigenvalue weighted by Gasteiger charge is -2.18. The van der Waals surface area contributed by atoms with Gasteiger partial charge in [-0.25, -0.2) is 8.42 Å². The van der Waals surface area contributed by atoms with Gasteiger partial charge < -0.3 is 9.87 Å². The molecule has 1 aliphatic rings. The van der Waals surface area contributed by atoms with E-state index in [1.54, 1.807) is 0 Å². The molecule has 1 rings (SSSR count). The van der Waals surface area contributed by atoms with Crippen LogP contribution in [0.2, 0.25) is 0 Å². The summed E-state index contributed by atoms with van der Waals surface area (Å²) >= 11 is 0. The van der Waals surface area contributed by atoms with Gasteiger partial charge in [0.05, 0.1) is 15.9 Å². The van der Waals surface area contributed by atoms with E-state index in [0.29, 0.717) is 0 Å². The van der Waals surface area contributed by atoms with Crippen molar-refractivity contribution in [3.8, 4) is 0 Å². The van der Waals surface area contributed by atoms with Gasteiger partial charge in [-0.05, 0) is 19.3 Å². The van der Waals surface area contributed by atoms with Crippen LogP contribution in [0.25, 0.3) is 0 Å². The maximum atomic E-state index is 10.3. The zero-order valence-electron chi connectivity index (χ0n) is 7.40. The number of allylic oxidation sites excluding steroid dienone is 1. The van der Waals surface area contributed by atoms with E-state index in [-0.39, 0.29) is 18.3 Å². The Morgan fingerprint density at radius 2 is 2.31 bits per heavy atom. The molecule has 0 saturated carbocycles. The molecular weight excluding hydrogens is 190 g/mol. The molecule has 1 N–H and O–H groups in total. The zero-order chi connectivity index (χ0) is 9.73. The summed E-state index contributed by atoms with van der Waals surface area (Å²) in [6.45, 7) is 0.251. The van der Waals surface area contributed by atoms with E-state index in [4.69, 9.17) is 0 Å². The van der Waals surface area contributed by atoms with Gasteiger partial charge in [-0.1, -0.05) is 12.2 Å². The van der Waals surface area contributed by atoms with Crippen LogP contribution >= 0.6 is 0 Å². The van der Waals surface area contributed by atoms with Crippen molar-refractivity contribution in [3.05, 3.63) is 12.2 Å². The number of nitrogens with one attached hydrogen (secondary N) is 1. The van der Waals surface area contributed by atoms with Gasteiger partial charge in [-0.3, -0.25) is 0 Å². The molecule has 0 aromatic rings. The van der Waals surface area contributed by atoms with Gasteiger partial charge >= 0.3 is 0 Å². The molecule has 1 unspecified atom stereocenters. The fraction of sp³-hybridized carbons (Fsp3) is 0.750. The monoisotopic (exact) mass is 204 g/mol. The van der Waals surface area contributed by atoms with Gasteiger partial charge in [0.2, 0.25) is 0 Å². The molecule has 0 fully saturated rings. The Bertz CT molecular complexity index is 271. The lowest BCUT2D eigenvalue weighted by molar-refractivity contribution is 0.457. The van der Waals surface area contributed by atoms with Gasteiger partial charge in [0, 0.05) is 12.6 Å². The topological polar surface area (TPSA) is 69.2 Å². The highest BCUT2D eigenvalue weighted by atomic mass is 32.2. The van der Waals surface area contributed by atoms with Gasteiger partial charge in [0.25, 0.3) is 0 Å². The van der Waals surface area contributed by atoms with Crippen LogP contribution in [-0.4, -0.2) is 31.3 Å². The first-order chi connectivity index (χ1) is 6.08. The largest absolute Gasteiger partial charge is 0.748 e. The summed E-state index contributed by atoms with van der Waals surface area (Å²) in [6, 6.07) is 0.246. The van der Waals surface area contributed by atoms with Crippen molar-refractivity contribution < 1.29 is 13.0 Å². The molecule has 0 bridgehead atoms. The highest BCUT2D eigenvalue weighted by Gasteiger charge is 2.06. The Morgan fingerprint density at radius 1 is 1.54 bits per heavy atom. The molecule has 1 aliphatic carbocycles. The lowest BCUT2D eigenvalue weighted by Crippen LogP contribution is -2.32. The highest BCUT2D eigenvalue weighted by Crippen LogP contribution is 2.09. The minimum Gasteiger partial charge on any atom is -0.748 e. The quantitative estimate of drug-likeness (QED) is 0.525. The van der Waals surface area contributed by atoms with E-state index < -0.39 is 10.1 Å². The first kappa shape index (κ1) is 10.7. The van der Waals surface area contributed by atoms with Crippen LogP contribution in [-0.2, 0) is 10.1 Å². The zero-order valence-corrected chi connectivity index (χ0v) is 8.22. The Balaban J connectivity index is 2.19. The number of rotatable bonds is 4. The smallest absolute Gasteiger partial charge is 0.0958 e. The second kappa shape index (κ2) is 4.74. The number of hydrogen-bond acceptors (Lipinski definition) is 4. The summed E-state index contributed by atoms with van der Waals surface area (Å²) in [5.74, 6) is -0.322. The van der Waals surface area contributed by atoms with Gasteiger partial charge in [0.15, 0.2) is 0 Å². The van der Waals surface area contributed by atoms with Gasteiger partial charge in [-0.2, -0.15) is 0 Å². The molecule has 5 heteroatoms. The van der Waals surface area contributed by atoms with Crippen LogP contribution in [0.4, 0.5) is 0 Å². The molecular formula is C8H14NO3S-. The molecule has 0 radical (unpaired) electrons. The van der Waals surface area contributed by atoms with Crippen LogP contribution in [0, 0.1) is 0 Å². The Morgan fingerprint density at radius 3 is 2.85 bits per heavy atom. The normalized spacial score (nSPS) is 23.3. The Kier molecular flexibility index (Phi) is 3.90. The molecule has 13 heavy (non-hydrogen) atoms. The van der Waals surface area contributed by atoms with Crippen LogP contribution in [0.3, 0.4) is 0 Å². The molecule has 0 saturated heterocycles. The highest BCUT2D eigenvalue weighted by molar-refractivity contribution is 7.85.